The Hall–Kier alpha value is -1.35. The van der Waals surface area contributed by atoms with E-state index in [0.717, 1.165) is 6.92 Å². The molecule has 9 heteroatoms. The third kappa shape index (κ3) is 4.28. The molecule has 0 heterocycles. The highest BCUT2D eigenvalue weighted by Crippen LogP contribution is 2.17. The van der Waals surface area contributed by atoms with Crippen LogP contribution in [-0.2, 0) is 29.3 Å². The minimum absolute atomic E-state index is 0.743. The van der Waals surface area contributed by atoms with Crippen molar-refractivity contribution in [2.75, 3.05) is 0 Å². The minimum atomic E-state index is -4.63. The SMILES string of the molecule is CC(=O)OOC(F)(F)C(=O)OOF. The van der Waals surface area contributed by atoms with E-state index in [0.29, 0.717) is 0 Å². The van der Waals surface area contributed by atoms with E-state index in [1.165, 1.54) is 0 Å². The van der Waals surface area contributed by atoms with Gasteiger partial charge in [-0.2, -0.15) is 8.78 Å². The van der Waals surface area contributed by atoms with E-state index in [2.05, 4.69) is 19.8 Å². The van der Waals surface area contributed by atoms with Gasteiger partial charge in [-0.15, -0.1) is 0 Å². The van der Waals surface area contributed by atoms with Gasteiger partial charge in [0, 0.05) is 12.0 Å². The Kier molecular flexibility index (Phi) is 4.14. The van der Waals surface area contributed by atoms with Crippen molar-refractivity contribution in [2.24, 2.45) is 0 Å². The molecule has 0 N–H and O–H groups in total. The Balaban J connectivity index is 4.05. The smallest absolute Gasteiger partial charge is 0.292 e. The zero-order chi connectivity index (χ0) is 10.5. The van der Waals surface area contributed by atoms with Crippen LogP contribution in [0, 0.1) is 0 Å². The summed E-state index contributed by atoms with van der Waals surface area (Å²) in [6.07, 6.45) is -4.63. The third-order valence-corrected chi connectivity index (χ3v) is 0.609. The fraction of sp³-hybridized carbons (Fsp3) is 0.500. The van der Waals surface area contributed by atoms with Crippen molar-refractivity contribution in [1.82, 2.24) is 0 Å². The van der Waals surface area contributed by atoms with Crippen molar-refractivity contribution in [3.05, 3.63) is 0 Å². The highest BCUT2D eigenvalue weighted by Gasteiger charge is 2.47. The maximum Gasteiger partial charge on any atom is 0.494 e. The average Bonchev–Trinajstić information content (AvgIpc) is 2.01. The second kappa shape index (κ2) is 4.62. The molecular weight excluding hydrogens is 201 g/mol. The summed E-state index contributed by atoms with van der Waals surface area (Å²) in [6, 6.07) is 0. The molecule has 0 bridgehead atoms. The quantitative estimate of drug-likeness (QED) is 0.488. The van der Waals surface area contributed by atoms with E-state index in [4.69, 9.17) is 0 Å². The van der Waals surface area contributed by atoms with Crippen LogP contribution in [0.25, 0.3) is 0 Å². The number of carbonyl (C=O) groups excluding carboxylic acids is 2. The van der Waals surface area contributed by atoms with Gasteiger partial charge >= 0.3 is 18.0 Å². The summed E-state index contributed by atoms with van der Waals surface area (Å²) in [4.78, 5) is 29.0. The van der Waals surface area contributed by atoms with Gasteiger partial charge in [-0.3, -0.25) is 9.78 Å². The van der Waals surface area contributed by atoms with Gasteiger partial charge in [0.05, 0.1) is 0 Å². The van der Waals surface area contributed by atoms with Gasteiger partial charge in [0.2, 0.25) is 0 Å². The highest BCUT2D eigenvalue weighted by molar-refractivity contribution is 5.75. The fourth-order valence-corrected chi connectivity index (χ4v) is 0.222. The first-order valence-electron chi connectivity index (χ1n) is 2.64. The number of carbonyl (C=O) groups is 2. The zero-order valence-corrected chi connectivity index (χ0v) is 6.08. The van der Waals surface area contributed by atoms with E-state index in [9.17, 15) is 22.9 Å². The Morgan fingerprint density at radius 3 is 2.15 bits per heavy atom. The normalized spacial score (nSPS) is 10.8. The van der Waals surface area contributed by atoms with Crippen molar-refractivity contribution in [3.63, 3.8) is 0 Å². The first-order chi connectivity index (χ1) is 5.90. The standard InChI is InChI=1S/C4H3F3O6/c1-2(8)10-12-4(5,6)3(9)11-13-7/h1H3. The summed E-state index contributed by atoms with van der Waals surface area (Å²) in [5, 5.41) is 2.15. The van der Waals surface area contributed by atoms with E-state index in [1.54, 1.807) is 0 Å². The van der Waals surface area contributed by atoms with E-state index in [1.807, 2.05) is 0 Å². The molecule has 0 aromatic heterocycles. The van der Waals surface area contributed by atoms with Crippen molar-refractivity contribution in [3.8, 4) is 0 Å². The lowest BCUT2D eigenvalue weighted by molar-refractivity contribution is -0.444. The molecule has 0 aliphatic carbocycles. The first-order valence-corrected chi connectivity index (χ1v) is 2.64. The van der Waals surface area contributed by atoms with Crippen LogP contribution in [0.5, 0.6) is 0 Å². The molecule has 0 aliphatic rings. The molecule has 0 saturated carbocycles. The number of rotatable bonds is 4. The van der Waals surface area contributed by atoms with E-state index >= 15 is 0 Å². The van der Waals surface area contributed by atoms with Gasteiger partial charge in [-0.25, -0.2) is 9.59 Å². The van der Waals surface area contributed by atoms with Crippen molar-refractivity contribution < 1.29 is 42.7 Å². The van der Waals surface area contributed by atoms with Gasteiger partial charge in [0.15, 0.2) is 0 Å². The summed E-state index contributed by atoms with van der Waals surface area (Å²) in [5.41, 5.74) is 0. The molecule has 0 unspecified atom stereocenters. The maximum atomic E-state index is 12.1. The lowest BCUT2D eigenvalue weighted by Gasteiger charge is -2.09. The lowest BCUT2D eigenvalue weighted by atomic mass is 10.6. The molecule has 0 radical (unpaired) electrons. The van der Waals surface area contributed by atoms with Gasteiger partial charge in [0.1, 0.15) is 0 Å². The molecule has 0 rings (SSSR count). The summed E-state index contributed by atoms with van der Waals surface area (Å²) < 4.78 is 35.0. The fourth-order valence-electron chi connectivity index (χ4n) is 0.222. The Morgan fingerprint density at radius 1 is 1.23 bits per heavy atom. The average molecular weight is 204 g/mol. The van der Waals surface area contributed by atoms with Crippen LogP contribution in [-0.4, -0.2) is 18.0 Å². The van der Waals surface area contributed by atoms with Crippen LogP contribution in [0.3, 0.4) is 0 Å². The number of hydrogen-bond acceptors (Lipinski definition) is 6. The van der Waals surface area contributed by atoms with Gasteiger partial charge in [-0.1, -0.05) is 4.89 Å². The predicted molar refractivity (Wildman–Crippen MR) is 26.1 cm³/mol. The van der Waals surface area contributed by atoms with Crippen LogP contribution in [0.1, 0.15) is 6.92 Å². The Morgan fingerprint density at radius 2 is 1.77 bits per heavy atom. The number of alkyl halides is 2. The highest BCUT2D eigenvalue weighted by atomic mass is 19.3. The monoisotopic (exact) mass is 204 g/mol. The largest absolute Gasteiger partial charge is 0.494 e. The minimum Gasteiger partial charge on any atom is -0.292 e. The molecule has 0 spiro atoms. The van der Waals surface area contributed by atoms with Gasteiger partial charge < -0.3 is 0 Å². The van der Waals surface area contributed by atoms with Crippen LogP contribution in [0.2, 0.25) is 0 Å². The Bertz CT molecular complexity index is 204. The molecule has 0 fully saturated rings. The topological polar surface area (TPSA) is 71.1 Å². The van der Waals surface area contributed by atoms with Gasteiger partial charge in [0.25, 0.3) is 0 Å². The van der Waals surface area contributed by atoms with Crippen molar-refractivity contribution in [2.45, 2.75) is 13.0 Å². The van der Waals surface area contributed by atoms with Crippen LogP contribution in [0.15, 0.2) is 0 Å². The summed E-state index contributed by atoms with van der Waals surface area (Å²) >= 11 is 0. The summed E-state index contributed by atoms with van der Waals surface area (Å²) in [6.45, 7) is 0.743. The van der Waals surface area contributed by atoms with E-state index in [-0.39, 0.29) is 0 Å². The molecular formula is C4H3F3O6. The van der Waals surface area contributed by atoms with Crippen LogP contribution < -0.4 is 0 Å². The molecule has 0 atom stereocenters. The molecule has 0 aromatic carbocycles. The molecule has 0 aromatic rings. The van der Waals surface area contributed by atoms with E-state index < -0.39 is 18.0 Å². The summed E-state index contributed by atoms with van der Waals surface area (Å²) in [5.74, 6) is -3.73. The molecule has 0 saturated heterocycles. The number of halogens is 3. The Labute approximate surface area is 68.9 Å². The van der Waals surface area contributed by atoms with Crippen LogP contribution >= 0.6 is 0 Å². The van der Waals surface area contributed by atoms with Gasteiger partial charge in [-0.05, 0) is 4.53 Å². The lowest BCUT2D eigenvalue weighted by Crippen LogP contribution is -2.34. The predicted octanol–water partition coefficient (Wildman–Crippen LogP) is 0.433. The molecule has 0 amide bonds. The zero-order valence-electron chi connectivity index (χ0n) is 6.08. The molecule has 76 valence electrons. The first kappa shape index (κ1) is 11.6. The molecule has 13 heavy (non-hydrogen) atoms. The van der Waals surface area contributed by atoms with Crippen molar-refractivity contribution >= 4 is 11.9 Å². The van der Waals surface area contributed by atoms with Crippen molar-refractivity contribution in [1.29, 1.82) is 0 Å². The third-order valence-electron chi connectivity index (χ3n) is 0.609. The number of hydrogen-bond donors (Lipinski definition) is 0. The second-order valence-electron chi connectivity index (χ2n) is 1.61. The van der Waals surface area contributed by atoms with Crippen LogP contribution in [0.4, 0.5) is 13.3 Å². The molecule has 6 nitrogen and oxygen atoms in total. The maximum absolute atomic E-state index is 12.1. The summed E-state index contributed by atoms with van der Waals surface area (Å²) in [7, 11) is 0. The molecule has 0 aliphatic heterocycles. The second-order valence-corrected chi connectivity index (χ2v) is 1.61.